The van der Waals surface area contributed by atoms with Gasteiger partial charge in [0.2, 0.25) is 0 Å². The standard InChI is InChI=1S/C14H27NOSi/c1-11-9-8-10-14(5,12(11)15)16-17(6,7)13(2,3)4/h15H,1,8-10H2,2-7H3. The van der Waals surface area contributed by atoms with Crippen molar-refractivity contribution in [3.63, 3.8) is 0 Å². The Hall–Kier alpha value is -0.413. The zero-order valence-electron chi connectivity index (χ0n) is 12.2. The summed E-state index contributed by atoms with van der Waals surface area (Å²) in [6.45, 7) is 17.3. The van der Waals surface area contributed by atoms with Crippen LogP contribution in [0.5, 0.6) is 0 Å². The topological polar surface area (TPSA) is 33.1 Å². The summed E-state index contributed by atoms with van der Waals surface area (Å²) in [4.78, 5) is 0. The highest BCUT2D eigenvalue weighted by molar-refractivity contribution is 6.74. The normalized spacial score (nSPS) is 27.4. The number of rotatable bonds is 2. The van der Waals surface area contributed by atoms with Gasteiger partial charge in [0.25, 0.3) is 0 Å². The molecule has 1 N–H and O–H groups in total. The molecule has 0 amide bonds. The Kier molecular flexibility index (Phi) is 3.75. The summed E-state index contributed by atoms with van der Waals surface area (Å²) in [5.41, 5.74) is 1.17. The van der Waals surface area contributed by atoms with Crippen LogP contribution in [0.15, 0.2) is 12.2 Å². The van der Waals surface area contributed by atoms with Gasteiger partial charge in [-0.3, -0.25) is 0 Å². The van der Waals surface area contributed by atoms with Gasteiger partial charge in [-0.2, -0.15) is 0 Å². The first-order valence-corrected chi connectivity index (χ1v) is 9.38. The maximum absolute atomic E-state index is 8.23. The molecule has 0 heterocycles. The summed E-state index contributed by atoms with van der Waals surface area (Å²) >= 11 is 0. The van der Waals surface area contributed by atoms with E-state index >= 15 is 0 Å². The SMILES string of the molecule is C=C1CCCC(C)(O[Si](C)(C)C(C)(C)C)C1=N. The molecule has 2 nitrogen and oxygen atoms in total. The Morgan fingerprint density at radius 3 is 2.35 bits per heavy atom. The minimum atomic E-state index is -1.82. The van der Waals surface area contributed by atoms with Gasteiger partial charge in [-0.1, -0.05) is 27.4 Å². The highest BCUT2D eigenvalue weighted by Crippen LogP contribution is 2.42. The predicted molar refractivity (Wildman–Crippen MR) is 77.4 cm³/mol. The van der Waals surface area contributed by atoms with Gasteiger partial charge in [0, 0.05) is 0 Å². The Morgan fingerprint density at radius 1 is 1.35 bits per heavy atom. The molecule has 0 spiro atoms. The Labute approximate surface area is 107 Å². The van der Waals surface area contributed by atoms with Gasteiger partial charge in [0.1, 0.15) is 0 Å². The maximum atomic E-state index is 8.23. The van der Waals surface area contributed by atoms with Gasteiger partial charge in [0.05, 0.1) is 11.3 Å². The largest absolute Gasteiger partial charge is 0.406 e. The molecule has 1 saturated carbocycles. The second kappa shape index (κ2) is 4.36. The van der Waals surface area contributed by atoms with Crippen LogP contribution in [0.1, 0.15) is 47.0 Å². The van der Waals surface area contributed by atoms with E-state index in [-0.39, 0.29) is 5.04 Å². The Balaban J connectivity index is 2.93. The molecule has 1 atom stereocenters. The van der Waals surface area contributed by atoms with Crippen LogP contribution in [0.2, 0.25) is 18.1 Å². The molecule has 0 aliphatic heterocycles. The van der Waals surface area contributed by atoms with E-state index in [0.717, 1.165) is 24.8 Å². The van der Waals surface area contributed by atoms with Crippen LogP contribution in [0.25, 0.3) is 0 Å². The fraction of sp³-hybridized carbons (Fsp3) is 0.786. The number of hydrogen-bond donors (Lipinski definition) is 1. The van der Waals surface area contributed by atoms with E-state index < -0.39 is 13.9 Å². The van der Waals surface area contributed by atoms with E-state index in [1.165, 1.54) is 0 Å². The van der Waals surface area contributed by atoms with E-state index in [9.17, 15) is 0 Å². The van der Waals surface area contributed by atoms with E-state index in [1.54, 1.807) is 0 Å². The van der Waals surface area contributed by atoms with Crippen LogP contribution < -0.4 is 0 Å². The van der Waals surface area contributed by atoms with Crippen molar-refractivity contribution in [2.45, 2.75) is 70.7 Å². The molecule has 98 valence electrons. The molecule has 0 aromatic heterocycles. The molecule has 3 heteroatoms. The highest BCUT2D eigenvalue weighted by atomic mass is 28.4. The smallest absolute Gasteiger partial charge is 0.193 e. The van der Waals surface area contributed by atoms with Gasteiger partial charge in [-0.05, 0) is 49.9 Å². The predicted octanol–water partition coefficient (Wildman–Crippen LogP) is 4.53. The first-order valence-electron chi connectivity index (χ1n) is 6.47. The molecule has 1 unspecified atom stereocenters. The summed E-state index contributed by atoms with van der Waals surface area (Å²) in [6.07, 6.45) is 3.00. The van der Waals surface area contributed by atoms with Crippen LogP contribution in [-0.4, -0.2) is 19.6 Å². The Bertz CT molecular complexity index is 341. The molecular weight excluding hydrogens is 226 g/mol. The molecule has 1 aliphatic carbocycles. The third-order valence-corrected chi connectivity index (χ3v) is 8.87. The van der Waals surface area contributed by atoms with Gasteiger partial charge in [-0.15, -0.1) is 0 Å². The fourth-order valence-corrected chi connectivity index (χ4v) is 3.72. The van der Waals surface area contributed by atoms with Gasteiger partial charge in [0.15, 0.2) is 8.32 Å². The van der Waals surface area contributed by atoms with Crippen molar-refractivity contribution in [3.05, 3.63) is 12.2 Å². The molecule has 1 rings (SSSR count). The van der Waals surface area contributed by atoms with Crippen LogP contribution in [0.3, 0.4) is 0 Å². The van der Waals surface area contributed by atoms with Crippen molar-refractivity contribution in [2.75, 3.05) is 0 Å². The number of nitrogens with one attached hydrogen (secondary N) is 1. The zero-order valence-corrected chi connectivity index (χ0v) is 13.2. The first kappa shape index (κ1) is 14.6. The molecule has 17 heavy (non-hydrogen) atoms. The molecule has 1 fully saturated rings. The third kappa shape index (κ3) is 2.88. The maximum Gasteiger partial charge on any atom is 0.193 e. The second-order valence-electron chi connectivity index (χ2n) is 6.93. The average molecular weight is 253 g/mol. The zero-order chi connectivity index (χ0) is 13.5. The lowest BCUT2D eigenvalue weighted by Crippen LogP contribution is -2.53. The van der Waals surface area contributed by atoms with E-state index in [0.29, 0.717) is 5.71 Å². The van der Waals surface area contributed by atoms with Crippen LogP contribution >= 0.6 is 0 Å². The molecule has 0 radical (unpaired) electrons. The van der Waals surface area contributed by atoms with Gasteiger partial charge < -0.3 is 9.84 Å². The summed E-state index contributed by atoms with van der Waals surface area (Å²) in [6, 6.07) is 0. The van der Waals surface area contributed by atoms with Crippen molar-refractivity contribution >= 4 is 14.0 Å². The average Bonchev–Trinajstić information content (AvgIpc) is 2.11. The Morgan fingerprint density at radius 2 is 1.88 bits per heavy atom. The first-order chi connectivity index (χ1) is 7.50. The highest BCUT2D eigenvalue weighted by Gasteiger charge is 2.45. The molecule has 0 saturated heterocycles. The van der Waals surface area contributed by atoms with Crippen molar-refractivity contribution in [2.24, 2.45) is 0 Å². The molecule has 0 aromatic carbocycles. The van der Waals surface area contributed by atoms with Crippen LogP contribution in [0, 0.1) is 5.41 Å². The van der Waals surface area contributed by atoms with Crippen molar-refractivity contribution < 1.29 is 4.43 Å². The summed E-state index contributed by atoms with van der Waals surface area (Å²) < 4.78 is 6.47. The van der Waals surface area contributed by atoms with E-state index in [2.05, 4.69) is 47.4 Å². The van der Waals surface area contributed by atoms with Crippen molar-refractivity contribution in [3.8, 4) is 0 Å². The molecule has 1 aliphatic rings. The minimum absolute atomic E-state index is 0.190. The fourth-order valence-electron chi connectivity index (χ4n) is 2.08. The van der Waals surface area contributed by atoms with Gasteiger partial charge >= 0.3 is 0 Å². The minimum Gasteiger partial charge on any atom is -0.406 e. The van der Waals surface area contributed by atoms with Gasteiger partial charge in [-0.25, -0.2) is 0 Å². The van der Waals surface area contributed by atoms with E-state index in [4.69, 9.17) is 9.84 Å². The summed E-state index contributed by atoms with van der Waals surface area (Å²) in [5, 5.41) is 8.42. The summed E-state index contributed by atoms with van der Waals surface area (Å²) in [7, 11) is -1.82. The van der Waals surface area contributed by atoms with Crippen molar-refractivity contribution in [1.29, 1.82) is 5.41 Å². The van der Waals surface area contributed by atoms with Crippen molar-refractivity contribution in [1.82, 2.24) is 0 Å². The summed E-state index contributed by atoms with van der Waals surface area (Å²) in [5.74, 6) is 0. The molecule has 0 aromatic rings. The molecule has 0 bridgehead atoms. The number of hydrogen-bond acceptors (Lipinski definition) is 2. The lowest BCUT2D eigenvalue weighted by Gasteiger charge is -2.46. The molecular formula is C14H27NOSi. The lowest BCUT2D eigenvalue weighted by molar-refractivity contribution is 0.123. The van der Waals surface area contributed by atoms with E-state index in [1.807, 2.05) is 0 Å². The van der Waals surface area contributed by atoms with Crippen LogP contribution in [0.4, 0.5) is 0 Å². The third-order valence-electron chi connectivity index (χ3n) is 4.30. The quantitative estimate of drug-likeness (QED) is 0.721. The lowest BCUT2D eigenvalue weighted by atomic mass is 9.82. The van der Waals surface area contributed by atoms with Crippen LogP contribution in [-0.2, 0) is 4.43 Å². The monoisotopic (exact) mass is 253 g/mol. The second-order valence-corrected chi connectivity index (χ2v) is 11.7.